The fourth-order valence-electron chi connectivity index (χ4n) is 2.98. The predicted molar refractivity (Wildman–Crippen MR) is 87.8 cm³/mol. The maximum atomic E-state index is 3.86. The van der Waals surface area contributed by atoms with Gasteiger partial charge in [-0.25, -0.2) is 0 Å². The fourth-order valence-corrected chi connectivity index (χ4v) is 2.98. The molecular weight excluding hydrogens is 232 g/mol. The Bertz CT molecular complexity index is 182. The van der Waals surface area contributed by atoms with Crippen LogP contribution in [-0.2, 0) is 0 Å². The summed E-state index contributed by atoms with van der Waals surface area (Å²) < 4.78 is 0. The lowest BCUT2D eigenvalue weighted by Crippen LogP contribution is -2.39. The first kappa shape index (κ1) is 18.9. The van der Waals surface area contributed by atoms with Crippen molar-refractivity contribution in [2.75, 3.05) is 13.1 Å². The summed E-state index contributed by atoms with van der Waals surface area (Å²) in [7, 11) is 0. The molecule has 0 amide bonds. The van der Waals surface area contributed by atoms with Crippen molar-refractivity contribution in [3.8, 4) is 0 Å². The van der Waals surface area contributed by atoms with Crippen molar-refractivity contribution < 1.29 is 0 Å². The molecule has 2 N–H and O–H groups in total. The Balaban J connectivity index is 4.02. The largest absolute Gasteiger partial charge is 0.317 e. The molecule has 3 atom stereocenters. The van der Waals surface area contributed by atoms with E-state index in [1.54, 1.807) is 0 Å². The van der Waals surface area contributed by atoms with Crippen LogP contribution in [0.1, 0.15) is 79.6 Å². The molecule has 0 aromatic rings. The van der Waals surface area contributed by atoms with Crippen LogP contribution in [0.25, 0.3) is 0 Å². The minimum Gasteiger partial charge on any atom is -0.317 e. The summed E-state index contributed by atoms with van der Waals surface area (Å²) in [6, 6.07) is 1.35. The molecule has 0 spiro atoms. The normalized spacial score (nSPS) is 16.3. The fraction of sp³-hybridized carbons (Fsp3) is 1.00. The Morgan fingerprint density at radius 1 is 0.895 bits per heavy atom. The Kier molecular flexibility index (Phi) is 12.9. The summed E-state index contributed by atoms with van der Waals surface area (Å²) in [6.45, 7) is 13.7. The van der Waals surface area contributed by atoms with Gasteiger partial charge in [-0.3, -0.25) is 0 Å². The van der Waals surface area contributed by atoms with E-state index in [1.807, 2.05) is 0 Å². The first-order valence-corrected chi connectivity index (χ1v) is 8.64. The van der Waals surface area contributed by atoms with Crippen molar-refractivity contribution in [2.24, 2.45) is 5.92 Å². The molecule has 0 bridgehead atoms. The second-order valence-electron chi connectivity index (χ2n) is 5.99. The van der Waals surface area contributed by atoms with Crippen LogP contribution in [0.15, 0.2) is 0 Å². The van der Waals surface area contributed by atoms with Gasteiger partial charge in [-0.1, -0.05) is 53.4 Å². The molecule has 0 heterocycles. The first-order chi connectivity index (χ1) is 9.17. The zero-order valence-electron chi connectivity index (χ0n) is 14.1. The number of hydrogen-bond donors (Lipinski definition) is 2. The molecule has 0 aliphatic heterocycles. The van der Waals surface area contributed by atoms with Gasteiger partial charge in [0.05, 0.1) is 0 Å². The van der Waals surface area contributed by atoms with Crippen molar-refractivity contribution in [1.82, 2.24) is 10.6 Å². The smallest absolute Gasteiger partial charge is 0.00815 e. The zero-order valence-corrected chi connectivity index (χ0v) is 14.1. The van der Waals surface area contributed by atoms with Gasteiger partial charge in [-0.2, -0.15) is 0 Å². The molecule has 3 unspecified atom stereocenters. The van der Waals surface area contributed by atoms with Crippen molar-refractivity contribution in [3.63, 3.8) is 0 Å². The Labute approximate surface area is 122 Å². The van der Waals surface area contributed by atoms with Gasteiger partial charge in [0.25, 0.3) is 0 Å². The van der Waals surface area contributed by atoms with E-state index in [9.17, 15) is 0 Å². The van der Waals surface area contributed by atoms with Crippen molar-refractivity contribution in [3.05, 3.63) is 0 Å². The summed E-state index contributed by atoms with van der Waals surface area (Å²) in [5, 5.41) is 7.30. The van der Waals surface area contributed by atoms with E-state index in [0.717, 1.165) is 19.0 Å². The van der Waals surface area contributed by atoms with Crippen molar-refractivity contribution in [2.45, 2.75) is 91.6 Å². The highest BCUT2D eigenvalue weighted by atomic mass is 15.0. The Morgan fingerprint density at radius 2 is 1.58 bits per heavy atom. The van der Waals surface area contributed by atoms with E-state index < -0.39 is 0 Å². The van der Waals surface area contributed by atoms with Gasteiger partial charge in [-0.05, 0) is 45.2 Å². The van der Waals surface area contributed by atoms with Crippen LogP contribution in [0.5, 0.6) is 0 Å². The third-order valence-electron chi connectivity index (χ3n) is 4.04. The minimum atomic E-state index is 0.662. The lowest BCUT2D eigenvalue weighted by Gasteiger charge is -2.26. The van der Waals surface area contributed by atoms with Crippen LogP contribution in [0.3, 0.4) is 0 Å². The maximum absolute atomic E-state index is 3.86. The van der Waals surface area contributed by atoms with Crippen molar-refractivity contribution in [1.29, 1.82) is 0 Å². The third-order valence-corrected chi connectivity index (χ3v) is 4.04. The summed E-state index contributed by atoms with van der Waals surface area (Å²) in [4.78, 5) is 0. The molecule has 0 aliphatic carbocycles. The van der Waals surface area contributed by atoms with Gasteiger partial charge in [-0.15, -0.1) is 0 Å². The molecule has 19 heavy (non-hydrogen) atoms. The number of rotatable bonds is 13. The third kappa shape index (κ3) is 10.4. The lowest BCUT2D eigenvalue weighted by molar-refractivity contribution is 0.324. The Morgan fingerprint density at radius 3 is 2.11 bits per heavy atom. The molecule has 0 radical (unpaired) electrons. The second-order valence-corrected chi connectivity index (χ2v) is 5.99. The molecule has 0 aromatic heterocycles. The highest BCUT2D eigenvalue weighted by Crippen LogP contribution is 2.18. The minimum absolute atomic E-state index is 0.662. The molecule has 0 saturated carbocycles. The molecular formula is C17H38N2. The molecule has 0 aliphatic rings. The summed E-state index contributed by atoms with van der Waals surface area (Å²) in [5.74, 6) is 0.906. The van der Waals surface area contributed by atoms with Crippen LogP contribution in [0.4, 0.5) is 0 Å². The van der Waals surface area contributed by atoms with Crippen LogP contribution in [0, 0.1) is 5.92 Å². The molecule has 2 heteroatoms. The lowest BCUT2D eigenvalue weighted by atomic mass is 9.93. The first-order valence-electron chi connectivity index (χ1n) is 8.64. The monoisotopic (exact) mass is 270 g/mol. The van der Waals surface area contributed by atoms with Gasteiger partial charge in [0.2, 0.25) is 0 Å². The van der Waals surface area contributed by atoms with E-state index in [0.29, 0.717) is 12.1 Å². The van der Waals surface area contributed by atoms with Gasteiger partial charge < -0.3 is 10.6 Å². The number of nitrogens with one attached hydrogen (secondary N) is 2. The molecule has 0 rings (SSSR count). The van der Waals surface area contributed by atoms with E-state index in [-0.39, 0.29) is 0 Å². The quantitative estimate of drug-likeness (QED) is 0.486. The van der Waals surface area contributed by atoms with E-state index in [4.69, 9.17) is 0 Å². The van der Waals surface area contributed by atoms with Gasteiger partial charge in [0, 0.05) is 12.1 Å². The summed E-state index contributed by atoms with van der Waals surface area (Å²) in [5.41, 5.74) is 0. The van der Waals surface area contributed by atoms with E-state index in [2.05, 4.69) is 45.3 Å². The van der Waals surface area contributed by atoms with E-state index in [1.165, 1.54) is 44.9 Å². The molecule has 0 saturated heterocycles. The standard InChI is InChI=1S/C17H38N2/c1-6-10-16(8-3)14-15(5)19-17(11-7-2)12-13-18-9-4/h15-19H,6-14H2,1-5H3. The van der Waals surface area contributed by atoms with Crippen LogP contribution in [0.2, 0.25) is 0 Å². The van der Waals surface area contributed by atoms with Gasteiger partial charge in [0.1, 0.15) is 0 Å². The average Bonchev–Trinajstić information content (AvgIpc) is 2.38. The predicted octanol–water partition coefficient (Wildman–Crippen LogP) is 4.35. The molecule has 116 valence electrons. The zero-order chi connectivity index (χ0) is 14.5. The van der Waals surface area contributed by atoms with Crippen molar-refractivity contribution >= 4 is 0 Å². The Hall–Kier alpha value is -0.0800. The van der Waals surface area contributed by atoms with E-state index >= 15 is 0 Å². The van der Waals surface area contributed by atoms with Gasteiger partial charge >= 0.3 is 0 Å². The highest BCUT2D eigenvalue weighted by Gasteiger charge is 2.14. The molecule has 0 aromatic carbocycles. The second kappa shape index (κ2) is 12.9. The SMILES string of the molecule is CCCC(CC)CC(C)NC(CCC)CCNCC. The highest BCUT2D eigenvalue weighted by molar-refractivity contribution is 4.74. The van der Waals surface area contributed by atoms with Crippen LogP contribution < -0.4 is 10.6 Å². The van der Waals surface area contributed by atoms with Crippen LogP contribution in [-0.4, -0.2) is 25.2 Å². The van der Waals surface area contributed by atoms with Crippen LogP contribution >= 0.6 is 0 Å². The summed E-state index contributed by atoms with van der Waals surface area (Å²) in [6.07, 6.45) is 9.23. The number of hydrogen-bond acceptors (Lipinski definition) is 2. The molecule has 0 fully saturated rings. The maximum Gasteiger partial charge on any atom is 0.00815 e. The van der Waals surface area contributed by atoms with Gasteiger partial charge in [0.15, 0.2) is 0 Å². The summed E-state index contributed by atoms with van der Waals surface area (Å²) >= 11 is 0. The topological polar surface area (TPSA) is 24.1 Å². The average molecular weight is 271 g/mol. The molecule has 2 nitrogen and oxygen atoms in total.